The van der Waals surface area contributed by atoms with Crippen LogP contribution in [0.5, 0.6) is 0 Å². The smallest absolute Gasteiger partial charge is 0.147 e. The Morgan fingerprint density at radius 1 is 1.33 bits per heavy atom. The fourth-order valence-corrected chi connectivity index (χ4v) is 2.84. The minimum Gasteiger partial charge on any atom is -0.310 e. The zero-order valence-electron chi connectivity index (χ0n) is 11.5. The fraction of sp³-hybridized carbons (Fsp3) is 0.400. The van der Waals surface area contributed by atoms with Crippen LogP contribution in [0.3, 0.4) is 0 Å². The summed E-state index contributed by atoms with van der Waals surface area (Å²) in [6.45, 7) is 5.63. The summed E-state index contributed by atoms with van der Waals surface area (Å²) < 4.78 is 1.29. The predicted octanol–water partition coefficient (Wildman–Crippen LogP) is 3.65. The molecule has 2 nitrogen and oxygen atoms in total. The van der Waals surface area contributed by atoms with Crippen LogP contribution in [0.25, 0.3) is 10.1 Å². The van der Waals surface area contributed by atoms with Gasteiger partial charge in [0.25, 0.3) is 0 Å². The van der Waals surface area contributed by atoms with E-state index in [0.29, 0.717) is 0 Å². The van der Waals surface area contributed by atoms with Crippen LogP contribution in [-0.2, 0) is 11.2 Å². The van der Waals surface area contributed by atoms with Gasteiger partial charge in [-0.15, -0.1) is 11.3 Å². The number of Topliss-reactive ketones (excluding diaryl/α,β-unsaturated/α-hetero) is 1. The summed E-state index contributed by atoms with van der Waals surface area (Å²) in [5, 5.41) is 6.48. The lowest BCUT2D eigenvalue weighted by Gasteiger charge is -2.11. The molecule has 0 spiro atoms. The number of fused-ring (bicyclic) bond motifs is 1. The third-order valence-corrected chi connectivity index (χ3v) is 3.84. The first kappa shape index (κ1) is 14.9. The Morgan fingerprint density at radius 3 is 2.61 bits per heavy atom. The lowest BCUT2D eigenvalue weighted by Crippen LogP contribution is -2.34. The number of hydrogen-bond donors (Lipinski definition) is 1. The van der Waals surface area contributed by atoms with E-state index < -0.39 is 0 Å². The molecule has 18 heavy (non-hydrogen) atoms. The van der Waals surface area contributed by atoms with Gasteiger partial charge in [-0.1, -0.05) is 32.0 Å². The molecule has 0 amide bonds. The van der Waals surface area contributed by atoms with E-state index in [1.54, 1.807) is 18.3 Å². The van der Waals surface area contributed by atoms with Gasteiger partial charge in [-0.3, -0.25) is 4.79 Å². The summed E-state index contributed by atoms with van der Waals surface area (Å²) in [6, 6.07) is 8.25. The van der Waals surface area contributed by atoms with Gasteiger partial charge in [0.05, 0.1) is 6.04 Å². The Bertz CT molecular complexity index is 504. The van der Waals surface area contributed by atoms with Crippen molar-refractivity contribution in [2.75, 3.05) is 7.05 Å². The van der Waals surface area contributed by atoms with Crippen molar-refractivity contribution < 1.29 is 4.79 Å². The average Bonchev–Trinajstić information content (AvgIpc) is 2.81. The molecule has 0 aliphatic heterocycles. The maximum absolute atomic E-state index is 11.4. The van der Waals surface area contributed by atoms with Gasteiger partial charge in [0.2, 0.25) is 0 Å². The molecule has 1 heterocycles. The van der Waals surface area contributed by atoms with Crippen LogP contribution in [-0.4, -0.2) is 18.9 Å². The van der Waals surface area contributed by atoms with Crippen LogP contribution in [0.4, 0.5) is 0 Å². The van der Waals surface area contributed by atoms with Gasteiger partial charge < -0.3 is 5.32 Å². The molecule has 2 rings (SSSR count). The van der Waals surface area contributed by atoms with Crippen LogP contribution in [0, 0.1) is 0 Å². The highest BCUT2D eigenvalue weighted by molar-refractivity contribution is 7.17. The van der Waals surface area contributed by atoms with Crippen LogP contribution >= 0.6 is 11.3 Å². The molecule has 0 aliphatic carbocycles. The molecule has 0 saturated carbocycles. The lowest BCUT2D eigenvalue weighted by molar-refractivity contribution is -0.118. The van der Waals surface area contributed by atoms with Crippen LogP contribution in [0.15, 0.2) is 29.6 Å². The van der Waals surface area contributed by atoms with Gasteiger partial charge in [-0.2, -0.15) is 0 Å². The molecule has 1 unspecified atom stereocenters. The Morgan fingerprint density at radius 2 is 2.00 bits per heavy atom. The summed E-state index contributed by atoms with van der Waals surface area (Å²) >= 11 is 1.74. The molecular formula is C15H21NOS. The number of carbonyl (C=O) groups excluding carboxylic acids is 1. The molecule has 0 saturated heterocycles. The molecule has 0 aliphatic rings. The standard InChI is InChI=1S/C13H15NOS.C2H6/c1-9(15)12(14-2)7-10-8-16-13-6-4-3-5-11(10)13;1-2/h3-6,8,12,14H,7H2,1-2H3;1-2H3. The second-order valence-corrected chi connectivity index (χ2v) is 4.82. The fourth-order valence-electron chi connectivity index (χ4n) is 1.86. The second kappa shape index (κ2) is 7.29. The van der Waals surface area contributed by atoms with Gasteiger partial charge in [0.15, 0.2) is 0 Å². The van der Waals surface area contributed by atoms with Gasteiger partial charge in [0, 0.05) is 4.70 Å². The van der Waals surface area contributed by atoms with Gasteiger partial charge in [-0.05, 0) is 42.8 Å². The summed E-state index contributed by atoms with van der Waals surface area (Å²) in [6.07, 6.45) is 0.774. The molecule has 1 atom stereocenters. The molecule has 0 radical (unpaired) electrons. The minimum absolute atomic E-state index is 0.0713. The molecule has 0 fully saturated rings. The highest BCUT2D eigenvalue weighted by Gasteiger charge is 2.14. The molecule has 1 N–H and O–H groups in total. The first-order valence-electron chi connectivity index (χ1n) is 6.35. The third-order valence-electron chi connectivity index (χ3n) is 2.82. The Hall–Kier alpha value is -1.19. The Kier molecular flexibility index (Phi) is 6.02. The van der Waals surface area contributed by atoms with Crippen molar-refractivity contribution in [3.05, 3.63) is 35.2 Å². The van der Waals surface area contributed by atoms with Crippen molar-refractivity contribution in [2.24, 2.45) is 0 Å². The number of likely N-dealkylation sites (N-methyl/N-ethyl adjacent to an activating group) is 1. The van der Waals surface area contributed by atoms with E-state index in [1.807, 2.05) is 33.0 Å². The Balaban J connectivity index is 0.000000771. The van der Waals surface area contributed by atoms with Crippen LogP contribution < -0.4 is 5.32 Å². The number of thiophene rings is 1. The van der Waals surface area contributed by atoms with E-state index in [1.165, 1.54) is 15.6 Å². The summed E-state index contributed by atoms with van der Waals surface area (Å²) in [5.41, 5.74) is 1.26. The van der Waals surface area contributed by atoms with E-state index >= 15 is 0 Å². The SMILES string of the molecule is CC.CNC(Cc1csc2ccccc12)C(C)=O. The monoisotopic (exact) mass is 263 g/mol. The first-order chi connectivity index (χ1) is 8.72. The quantitative estimate of drug-likeness (QED) is 0.912. The van der Waals surface area contributed by atoms with Gasteiger partial charge >= 0.3 is 0 Å². The van der Waals surface area contributed by atoms with E-state index in [9.17, 15) is 4.79 Å². The number of ketones is 1. The maximum atomic E-state index is 11.4. The van der Waals surface area contributed by atoms with Crippen molar-refractivity contribution in [2.45, 2.75) is 33.2 Å². The number of nitrogens with one attached hydrogen (secondary N) is 1. The normalized spacial score (nSPS) is 11.8. The molecule has 2 aromatic rings. The third kappa shape index (κ3) is 3.40. The van der Waals surface area contributed by atoms with Crippen LogP contribution in [0.1, 0.15) is 26.3 Å². The number of hydrogen-bond acceptors (Lipinski definition) is 3. The second-order valence-electron chi connectivity index (χ2n) is 3.91. The Labute approximate surface area is 113 Å². The van der Waals surface area contributed by atoms with E-state index in [0.717, 1.165) is 6.42 Å². The largest absolute Gasteiger partial charge is 0.310 e. The lowest BCUT2D eigenvalue weighted by atomic mass is 10.0. The maximum Gasteiger partial charge on any atom is 0.147 e. The van der Waals surface area contributed by atoms with Crippen molar-refractivity contribution >= 4 is 27.2 Å². The number of carbonyl (C=O) groups is 1. The summed E-state index contributed by atoms with van der Waals surface area (Å²) in [7, 11) is 1.83. The average molecular weight is 263 g/mol. The highest BCUT2D eigenvalue weighted by Crippen LogP contribution is 2.26. The molecule has 3 heteroatoms. The molecule has 1 aromatic carbocycles. The van der Waals surface area contributed by atoms with Crippen molar-refractivity contribution in [1.82, 2.24) is 5.32 Å². The van der Waals surface area contributed by atoms with E-state index in [2.05, 4.69) is 22.8 Å². The van der Waals surface area contributed by atoms with Gasteiger partial charge in [0.1, 0.15) is 5.78 Å². The number of benzene rings is 1. The minimum atomic E-state index is -0.0713. The summed E-state index contributed by atoms with van der Waals surface area (Å²) in [5.74, 6) is 0.192. The highest BCUT2D eigenvalue weighted by atomic mass is 32.1. The van der Waals surface area contributed by atoms with E-state index in [4.69, 9.17) is 0 Å². The van der Waals surface area contributed by atoms with Crippen molar-refractivity contribution in [3.8, 4) is 0 Å². The van der Waals surface area contributed by atoms with E-state index in [-0.39, 0.29) is 11.8 Å². The predicted molar refractivity (Wildman–Crippen MR) is 80.4 cm³/mol. The van der Waals surface area contributed by atoms with Crippen molar-refractivity contribution in [1.29, 1.82) is 0 Å². The molecule has 1 aromatic heterocycles. The zero-order chi connectivity index (χ0) is 13.5. The molecule has 0 bridgehead atoms. The van der Waals surface area contributed by atoms with Crippen LogP contribution in [0.2, 0.25) is 0 Å². The van der Waals surface area contributed by atoms with Gasteiger partial charge in [-0.25, -0.2) is 0 Å². The first-order valence-corrected chi connectivity index (χ1v) is 7.23. The summed E-state index contributed by atoms with van der Waals surface area (Å²) in [4.78, 5) is 11.4. The zero-order valence-corrected chi connectivity index (χ0v) is 12.3. The molecular weight excluding hydrogens is 242 g/mol. The topological polar surface area (TPSA) is 29.1 Å². The molecule has 98 valence electrons. The number of rotatable bonds is 4. The van der Waals surface area contributed by atoms with Crippen molar-refractivity contribution in [3.63, 3.8) is 0 Å².